The van der Waals surface area contributed by atoms with Crippen LogP contribution in [0.1, 0.15) is 24.8 Å². The molecule has 2 saturated heterocycles. The highest BCUT2D eigenvalue weighted by molar-refractivity contribution is 5.81. The second-order valence-corrected chi connectivity index (χ2v) is 8.93. The Morgan fingerprint density at radius 3 is 2.26 bits per heavy atom. The molecule has 2 heterocycles. The maximum atomic E-state index is 14.2. The molecule has 2 fully saturated rings. The van der Waals surface area contributed by atoms with Crippen LogP contribution in [0.4, 0.5) is 10.1 Å². The van der Waals surface area contributed by atoms with Crippen LogP contribution in [-0.4, -0.2) is 75.1 Å². The molecule has 8 heteroatoms. The average molecular weight is 470 g/mol. The van der Waals surface area contributed by atoms with E-state index < -0.39 is 0 Å². The van der Waals surface area contributed by atoms with Gasteiger partial charge in [-0.25, -0.2) is 4.39 Å². The van der Waals surface area contributed by atoms with Crippen molar-refractivity contribution < 1.29 is 23.5 Å². The van der Waals surface area contributed by atoms with Crippen LogP contribution in [0.25, 0.3) is 0 Å². The molecule has 2 aliphatic rings. The first-order chi connectivity index (χ1) is 16.4. The molecule has 0 radical (unpaired) electrons. The van der Waals surface area contributed by atoms with E-state index in [0.717, 1.165) is 5.56 Å². The minimum atomic E-state index is -0.282. The number of piperidine rings is 1. The largest absolute Gasteiger partial charge is 0.493 e. The van der Waals surface area contributed by atoms with Gasteiger partial charge in [0.1, 0.15) is 5.82 Å². The zero-order valence-corrected chi connectivity index (χ0v) is 20.0. The van der Waals surface area contributed by atoms with E-state index in [1.54, 1.807) is 38.2 Å². The van der Waals surface area contributed by atoms with Crippen LogP contribution >= 0.6 is 0 Å². The van der Waals surface area contributed by atoms with E-state index in [1.165, 1.54) is 6.07 Å². The monoisotopic (exact) mass is 469 g/mol. The Morgan fingerprint density at radius 1 is 0.912 bits per heavy atom. The smallest absolute Gasteiger partial charge is 0.227 e. The van der Waals surface area contributed by atoms with Gasteiger partial charge in [-0.1, -0.05) is 18.2 Å². The zero-order chi connectivity index (χ0) is 24.2. The summed E-state index contributed by atoms with van der Waals surface area (Å²) in [6, 6.07) is 12.5. The average Bonchev–Trinajstić information content (AvgIpc) is 2.88. The third kappa shape index (κ3) is 4.95. The second kappa shape index (κ2) is 10.3. The SMILES string of the molecule is COc1ccc(C2CC(C(=O)N3CCN(c4ccccc4F)CC3)CN(C(C)=O)C2)cc1OC. The summed E-state index contributed by atoms with van der Waals surface area (Å²) >= 11 is 0. The number of carbonyl (C=O) groups excluding carboxylic acids is 2. The quantitative estimate of drug-likeness (QED) is 0.673. The molecule has 182 valence electrons. The van der Waals surface area contributed by atoms with Crippen molar-refractivity contribution in [1.82, 2.24) is 9.80 Å². The van der Waals surface area contributed by atoms with Crippen LogP contribution in [0.15, 0.2) is 42.5 Å². The summed E-state index contributed by atoms with van der Waals surface area (Å²) in [5.74, 6) is 0.793. The molecule has 2 unspecified atom stereocenters. The van der Waals surface area contributed by atoms with E-state index in [2.05, 4.69) is 0 Å². The minimum absolute atomic E-state index is 0.0195. The number of ether oxygens (including phenoxy) is 2. The van der Waals surface area contributed by atoms with Gasteiger partial charge in [0.25, 0.3) is 0 Å². The van der Waals surface area contributed by atoms with Crippen molar-refractivity contribution in [3.05, 3.63) is 53.8 Å². The maximum absolute atomic E-state index is 14.2. The van der Waals surface area contributed by atoms with Crippen molar-refractivity contribution in [2.45, 2.75) is 19.3 Å². The first-order valence-corrected chi connectivity index (χ1v) is 11.7. The normalized spacial score (nSPS) is 20.8. The summed E-state index contributed by atoms with van der Waals surface area (Å²) in [5, 5.41) is 0. The fourth-order valence-electron chi connectivity index (χ4n) is 5.02. The van der Waals surface area contributed by atoms with Gasteiger partial charge < -0.3 is 24.2 Å². The Hall–Kier alpha value is -3.29. The van der Waals surface area contributed by atoms with E-state index in [4.69, 9.17) is 9.47 Å². The highest BCUT2D eigenvalue weighted by Crippen LogP contribution is 2.36. The number of methoxy groups -OCH3 is 2. The molecule has 0 bridgehead atoms. The number of para-hydroxylation sites is 1. The Bertz CT molecular complexity index is 1040. The predicted molar refractivity (Wildman–Crippen MR) is 128 cm³/mol. The number of halogens is 1. The van der Waals surface area contributed by atoms with Crippen molar-refractivity contribution in [3.63, 3.8) is 0 Å². The van der Waals surface area contributed by atoms with Gasteiger partial charge in [0.15, 0.2) is 11.5 Å². The van der Waals surface area contributed by atoms with E-state index in [9.17, 15) is 14.0 Å². The number of likely N-dealkylation sites (tertiary alicyclic amines) is 1. The molecule has 2 amide bonds. The van der Waals surface area contributed by atoms with Crippen LogP contribution in [0, 0.1) is 11.7 Å². The molecule has 7 nitrogen and oxygen atoms in total. The number of hydrogen-bond donors (Lipinski definition) is 0. The maximum Gasteiger partial charge on any atom is 0.227 e. The van der Waals surface area contributed by atoms with Gasteiger partial charge in [-0.2, -0.15) is 0 Å². The molecule has 0 aromatic heterocycles. The summed E-state index contributed by atoms with van der Waals surface area (Å²) in [5.41, 5.74) is 1.59. The molecule has 2 aromatic carbocycles. The third-order valence-corrected chi connectivity index (χ3v) is 6.91. The van der Waals surface area contributed by atoms with Crippen LogP contribution in [0.2, 0.25) is 0 Å². The summed E-state index contributed by atoms with van der Waals surface area (Å²) in [6.45, 7) is 4.76. The van der Waals surface area contributed by atoms with Gasteiger partial charge >= 0.3 is 0 Å². The van der Waals surface area contributed by atoms with Crippen molar-refractivity contribution in [3.8, 4) is 11.5 Å². The van der Waals surface area contributed by atoms with Crippen LogP contribution in [-0.2, 0) is 9.59 Å². The van der Waals surface area contributed by atoms with Crippen molar-refractivity contribution in [1.29, 1.82) is 0 Å². The zero-order valence-electron chi connectivity index (χ0n) is 20.0. The second-order valence-electron chi connectivity index (χ2n) is 8.93. The van der Waals surface area contributed by atoms with Crippen molar-refractivity contribution >= 4 is 17.5 Å². The van der Waals surface area contributed by atoms with Crippen LogP contribution in [0.5, 0.6) is 11.5 Å². The first-order valence-electron chi connectivity index (χ1n) is 11.7. The van der Waals surface area contributed by atoms with Crippen molar-refractivity contribution in [2.75, 3.05) is 58.4 Å². The van der Waals surface area contributed by atoms with Crippen LogP contribution < -0.4 is 14.4 Å². The van der Waals surface area contributed by atoms with Gasteiger partial charge in [-0.05, 0) is 36.2 Å². The third-order valence-electron chi connectivity index (χ3n) is 6.91. The Balaban J connectivity index is 1.47. The molecule has 2 aromatic rings. The standard InChI is InChI=1S/C26H32FN3O4/c1-18(31)30-16-20(19-8-9-24(33-2)25(15-19)34-3)14-21(17-30)26(32)29-12-10-28(11-13-29)23-7-5-4-6-22(23)27/h4-9,15,20-21H,10-14,16-17H2,1-3H3. The Kier molecular flexibility index (Phi) is 7.24. The van der Waals surface area contributed by atoms with Gasteiger partial charge in [0, 0.05) is 52.1 Å². The Morgan fingerprint density at radius 2 is 1.62 bits per heavy atom. The molecular formula is C26H32FN3O4. The van der Waals surface area contributed by atoms with Gasteiger partial charge in [0.05, 0.1) is 25.8 Å². The van der Waals surface area contributed by atoms with E-state index in [1.807, 2.05) is 34.1 Å². The fourth-order valence-corrected chi connectivity index (χ4v) is 5.02. The van der Waals surface area contributed by atoms with Gasteiger partial charge in [-0.15, -0.1) is 0 Å². The number of anilines is 1. The number of nitrogens with zero attached hydrogens (tertiary/aromatic N) is 3. The summed E-state index contributed by atoms with van der Waals surface area (Å²) in [7, 11) is 3.19. The lowest BCUT2D eigenvalue weighted by Crippen LogP contribution is -2.54. The topological polar surface area (TPSA) is 62.3 Å². The molecule has 2 aliphatic heterocycles. The Labute approximate surface area is 200 Å². The number of rotatable bonds is 5. The number of hydrogen-bond acceptors (Lipinski definition) is 5. The van der Waals surface area contributed by atoms with Crippen LogP contribution in [0.3, 0.4) is 0 Å². The highest BCUT2D eigenvalue weighted by atomic mass is 19.1. The fraction of sp³-hybridized carbons (Fsp3) is 0.462. The number of benzene rings is 2. The number of amides is 2. The van der Waals surface area contributed by atoms with Gasteiger partial charge in [0.2, 0.25) is 11.8 Å². The molecule has 2 atom stereocenters. The molecular weight excluding hydrogens is 437 g/mol. The highest BCUT2D eigenvalue weighted by Gasteiger charge is 2.36. The van der Waals surface area contributed by atoms with E-state index >= 15 is 0 Å². The molecule has 0 spiro atoms. The summed E-state index contributed by atoms with van der Waals surface area (Å²) < 4.78 is 25.0. The molecule has 0 N–H and O–H groups in total. The molecule has 4 rings (SSSR count). The predicted octanol–water partition coefficient (Wildman–Crippen LogP) is 3.14. The van der Waals surface area contributed by atoms with E-state index in [0.29, 0.717) is 62.9 Å². The molecule has 0 aliphatic carbocycles. The van der Waals surface area contributed by atoms with Crippen molar-refractivity contribution in [2.24, 2.45) is 5.92 Å². The lowest BCUT2D eigenvalue weighted by atomic mass is 9.83. The molecule has 0 saturated carbocycles. The summed E-state index contributed by atoms with van der Waals surface area (Å²) in [6.07, 6.45) is 0.658. The van der Waals surface area contributed by atoms with Gasteiger partial charge in [-0.3, -0.25) is 9.59 Å². The summed E-state index contributed by atoms with van der Waals surface area (Å²) in [4.78, 5) is 31.4. The first kappa shape index (κ1) is 23.9. The molecule has 34 heavy (non-hydrogen) atoms. The lowest BCUT2D eigenvalue weighted by molar-refractivity contribution is -0.140. The van der Waals surface area contributed by atoms with E-state index in [-0.39, 0.29) is 29.5 Å². The lowest BCUT2D eigenvalue weighted by Gasteiger charge is -2.41. The minimum Gasteiger partial charge on any atom is -0.493 e. The number of carbonyl (C=O) groups is 2. The number of piperazine rings is 1.